The number of carbonyl (C=O) groups excluding carboxylic acids is 1. The molecule has 0 amide bonds. The lowest BCUT2D eigenvalue weighted by Crippen LogP contribution is -2.53. The molecule has 0 heterocycles. The fourth-order valence-corrected chi connectivity index (χ4v) is 8.42. The number of ketones is 1. The first-order valence-electron chi connectivity index (χ1n) is 12.6. The van der Waals surface area contributed by atoms with Crippen LogP contribution in [0.3, 0.4) is 0 Å². The largest absolute Gasteiger partial charge is 0.480 e. The first-order valence-corrected chi connectivity index (χ1v) is 12.6. The summed E-state index contributed by atoms with van der Waals surface area (Å²) in [5.41, 5.74) is 0.948. The molecule has 32 heavy (non-hydrogen) atoms. The zero-order chi connectivity index (χ0) is 23.7. The summed E-state index contributed by atoms with van der Waals surface area (Å²) < 4.78 is 0. The number of aliphatic carboxylic acids is 2. The molecule has 8 unspecified atom stereocenters. The summed E-state index contributed by atoms with van der Waals surface area (Å²) in [6, 6.07) is 0. The monoisotopic (exact) mass is 449 g/mol. The minimum atomic E-state index is -1.06. The highest BCUT2D eigenvalue weighted by molar-refractivity contribution is 5.79. The van der Waals surface area contributed by atoms with Gasteiger partial charge in [0, 0.05) is 5.92 Å². The Morgan fingerprint density at radius 1 is 0.844 bits per heavy atom. The molecule has 0 bridgehead atoms. The third kappa shape index (κ3) is 4.90. The van der Waals surface area contributed by atoms with Crippen LogP contribution in [0.25, 0.3) is 0 Å². The minimum Gasteiger partial charge on any atom is -0.480 e. The van der Waals surface area contributed by atoms with E-state index in [1.54, 1.807) is 0 Å². The van der Waals surface area contributed by atoms with E-state index in [2.05, 4.69) is 26.1 Å². The standard InChI is InChI=1S/C22H36O.C4H7NO4/c1-14-9-11-21(3)16(13-14)5-6-17-19-8-7-18(15(2)23)22(19,4)12-10-20(17)21;6-3(7)1-5-2-4(8)9/h14,16-20H,5-13H2,1-4H3;5H,1-2H2,(H,6,7)(H,8,9). The summed E-state index contributed by atoms with van der Waals surface area (Å²) in [4.78, 5) is 31.6. The number of hydrogen-bond acceptors (Lipinski definition) is 4. The number of fused-ring (bicyclic) bond motifs is 5. The number of rotatable bonds is 5. The fourth-order valence-electron chi connectivity index (χ4n) is 8.42. The van der Waals surface area contributed by atoms with Crippen molar-refractivity contribution in [2.75, 3.05) is 13.1 Å². The van der Waals surface area contributed by atoms with Crippen molar-refractivity contribution in [3.63, 3.8) is 0 Å². The van der Waals surface area contributed by atoms with Gasteiger partial charge in [-0.2, -0.15) is 0 Å². The molecule has 8 atom stereocenters. The second kappa shape index (κ2) is 9.82. The summed E-state index contributed by atoms with van der Waals surface area (Å²) in [5, 5.41) is 18.1. The number of carboxylic acids is 2. The Kier molecular flexibility index (Phi) is 7.73. The molecule has 0 aliphatic heterocycles. The van der Waals surface area contributed by atoms with E-state index in [0.717, 1.165) is 29.6 Å². The molecule has 4 saturated carbocycles. The van der Waals surface area contributed by atoms with E-state index in [9.17, 15) is 14.4 Å². The summed E-state index contributed by atoms with van der Waals surface area (Å²) in [7, 11) is 0. The molecule has 0 aromatic heterocycles. The Balaban J connectivity index is 0.000000275. The molecular formula is C26H43NO5. The lowest BCUT2D eigenvalue weighted by Gasteiger charge is -2.61. The zero-order valence-corrected chi connectivity index (χ0v) is 20.4. The number of carboxylic acid groups (broad SMARTS) is 2. The van der Waals surface area contributed by atoms with Crippen LogP contribution in [0.2, 0.25) is 0 Å². The van der Waals surface area contributed by atoms with Crippen LogP contribution < -0.4 is 5.32 Å². The van der Waals surface area contributed by atoms with Crippen molar-refractivity contribution in [3.05, 3.63) is 0 Å². The van der Waals surface area contributed by atoms with Crippen LogP contribution in [0, 0.1) is 46.3 Å². The molecule has 0 aromatic carbocycles. The Bertz CT molecular complexity index is 709. The minimum absolute atomic E-state index is 0.313. The van der Waals surface area contributed by atoms with Crippen LogP contribution in [0.5, 0.6) is 0 Å². The number of hydrogen-bond donors (Lipinski definition) is 3. The average Bonchev–Trinajstić information content (AvgIpc) is 3.06. The molecule has 0 saturated heterocycles. The second-order valence-corrected chi connectivity index (χ2v) is 11.7. The molecule has 0 spiro atoms. The Hall–Kier alpha value is -1.43. The zero-order valence-electron chi connectivity index (χ0n) is 20.4. The van der Waals surface area contributed by atoms with Gasteiger partial charge >= 0.3 is 11.9 Å². The Morgan fingerprint density at radius 3 is 2.03 bits per heavy atom. The van der Waals surface area contributed by atoms with Gasteiger partial charge in [-0.15, -0.1) is 0 Å². The maximum atomic E-state index is 12.2. The van der Waals surface area contributed by atoms with Crippen LogP contribution in [-0.4, -0.2) is 41.0 Å². The SMILES string of the molecule is CC(=O)C1CCC2C3CCC4CC(C)CCC4(C)C3CCC12C.O=C(O)CNCC(=O)O. The predicted octanol–water partition coefficient (Wildman–Crippen LogP) is 4.62. The van der Waals surface area contributed by atoms with Gasteiger partial charge in [0.1, 0.15) is 5.78 Å². The molecule has 4 rings (SSSR count). The second-order valence-electron chi connectivity index (χ2n) is 11.7. The van der Waals surface area contributed by atoms with Crippen LogP contribution >= 0.6 is 0 Å². The third-order valence-corrected chi connectivity index (χ3v) is 9.97. The fraction of sp³-hybridized carbons (Fsp3) is 0.885. The topological polar surface area (TPSA) is 104 Å². The van der Waals surface area contributed by atoms with Crippen molar-refractivity contribution in [2.24, 2.45) is 46.3 Å². The Morgan fingerprint density at radius 2 is 1.44 bits per heavy atom. The third-order valence-electron chi connectivity index (χ3n) is 9.97. The molecule has 182 valence electrons. The summed E-state index contributed by atoms with van der Waals surface area (Å²) in [6.07, 6.45) is 12.6. The lowest BCUT2D eigenvalue weighted by atomic mass is 9.44. The molecule has 4 aliphatic rings. The van der Waals surface area contributed by atoms with Gasteiger partial charge in [-0.3, -0.25) is 19.7 Å². The van der Waals surface area contributed by atoms with Gasteiger partial charge in [0.15, 0.2) is 0 Å². The summed E-state index contributed by atoms with van der Waals surface area (Å²) in [6.45, 7) is 8.83. The van der Waals surface area contributed by atoms with Crippen molar-refractivity contribution in [1.82, 2.24) is 5.32 Å². The van der Waals surface area contributed by atoms with E-state index >= 15 is 0 Å². The van der Waals surface area contributed by atoms with Crippen molar-refractivity contribution in [2.45, 2.75) is 85.5 Å². The highest BCUT2D eigenvalue weighted by atomic mass is 16.4. The molecule has 6 nitrogen and oxygen atoms in total. The van der Waals surface area contributed by atoms with Gasteiger partial charge in [0.05, 0.1) is 13.1 Å². The molecule has 4 fully saturated rings. The summed E-state index contributed by atoms with van der Waals surface area (Å²) in [5.74, 6) is 3.38. The molecule has 3 N–H and O–H groups in total. The predicted molar refractivity (Wildman–Crippen MR) is 123 cm³/mol. The smallest absolute Gasteiger partial charge is 0.317 e. The van der Waals surface area contributed by atoms with E-state index in [1.165, 1.54) is 57.8 Å². The van der Waals surface area contributed by atoms with E-state index < -0.39 is 11.9 Å². The molecule has 0 aromatic rings. The van der Waals surface area contributed by atoms with Crippen molar-refractivity contribution < 1.29 is 24.6 Å². The highest BCUT2D eigenvalue weighted by Gasteiger charge is 2.60. The van der Waals surface area contributed by atoms with Crippen LogP contribution in [-0.2, 0) is 14.4 Å². The first kappa shape index (κ1) is 25.2. The van der Waals surface area contributed by atoms with Crippen LogP contribution in [0.4, 0.5) is 0 Å². The average molecular weight is 450 g/mol. The van der Waals surface area contributed by atoms with E-state index in [4.69, 9.17) is 10.2 Å². The van der Waals surface area contributed by atoms with Crippen molar-refractivity contribution in [3.8, 4) is 0 Å². The quantitative estimate of drug-likeness (QED) is 0.566. The Labute approximate surface area is 192 Å². The van der Waals surface area contributed by atoms with Gasteiger partial charge in [0.2, 0.25) is 0 Å². The lowest BCUT2D eigenvalue weighted by molar-refractivity contribution is -0.137. The number of Topliss-reactive ketones (excluding diaryl/α,β-unsaturated/α-hetero) is 1. The van der Waals surface area contributed by atoms with E-state index in [1.807, 2.05) is 6.92 Å². The van der Waals surface area contributed by atoms with Gasteiger partial charge in [0.25, 0.3) is 0 Å². The molecule has 4 aliphatic carbocycles. The van der Waals surface area contributed by atoms with Gasteiger partial charge in [-0.25, -0.2) is 0 Å². The van der Waals surface area contributed by atoms with Crippen LogP contribution in [0.1, 0.15) is 85.5 Å². The van der Waals surface area contributed by atoms with Gasteiger partial charge in [-0.1, -0.05) is 27.2 Å². The summed E-state index contributed by atoms with van der Waals surface area (Å²) >= 11 is 0. The highest BCUT2D eigenvalue weighted by Crippen LogP contribution is 2.67. The van der Waals surface area contributed by atoms with E-state index in [0.29, 0.717) is 22.5 Å². The molecule has 6 heteroatoms. The maximum absolute atomic E-state index is 12.2. The number of carbonyl (C=O) groups is 3. The number of nitrogens with one attached hydrogen (secondary N) is 1. The molecule has 0 radical (unpaired) electrons. The van der Waals surface area contributed by atoms with Crippen LogP contribution in [0.15, 0.2) is 0 Å². The maximum Gasteiger partial charge on any atom is 0.317 e. The normalized spacial score (nSPS) is 42.5. The van der Waals surface area contributed by atoms with Crippen molar-refractivity contribution >= 4 is 17.7 Å². The van der Waals surface area contributed by atoms with E-state index in [-0.39, 0.29) is 13.1 Å². The molecular weight excluding hydrogens is 406 g/mol. The van der Waals surface area contributed by atoms with Gasteiger partial charge in [-0.05, 0) is 98.7 Å². The first-order chi connectivity index (χ1) is 15.0. The van der Waals surface area contributed by atoms with Gasteiger partial charge < -0.3 is 10.2 Å². The van der Waals surface area contributed by atoms with Crippen molar-refractivity contribution in [1.29, 1.82) is 0 Å².